The fourth-order valence-corrected chi connectivity index (χ4v) is 5.32. The van der Waals surface area contributed by atoms with Crippen LogP contribution in [-0.2, 0) is 85.7 Å². The number of esters is 7. The maximum Gasteiger partial charge on any atom is 0.326 e. The lowest BCUT2D eigenvalue weighted by atomic mass is 10.0. The van der Waals surface area contributed by atoms with Crippen LogP contribution in [0.15, 0.2) is 146 Å². The maximum atomic E-state index is 10.7. The van der Waals surface area contributed by atoms with Gasteiger partial charge in [0.2, 0.25) is 5.91 Å². The summed E-state index contributed by atoms with van der Waals surface area (Å²) in [6, 6.07) is 49.9. The van der Waals surface area contributed by atoms with Crippen LogP contribution >= 0.6 is 0 Å². The largest absolute Gasteiger partial charge is 0.469 e. The number of rotatable bonds is 3. The molecule has 98 heavy (non-hydrogen) atoms. The van der Waals surface area contributed by atoms with E-state index in [9.17, 15) is 43.2 Å². The Bertz CT molecular complexity index is 2430. The minimum atomic E-state index is -0.616. The first-order valence-electron chi connectivity index (χ1n) is 31.9. The van der Waals surface area contributed by atoms with Gasteiger partial charge in [0.15, 0.2) is 6.29 Å². The van der Waals surface area contributed by atoms with Crippen LogP contribution in [-0.4, -0.2) is 173 Å². The lowest BCUT2D eigenvalue weighted by Gasteiger charge is -2.05. The van der Waals surface area contributed by atoms with Gasteiger partial charge in [-0.15, -0.1) is 0 Å². The number of aliphatic hydroxyl groups excluding tert-OH is 1. The first kappa shape index (κ1) is 111. The van der Waals surface area contributed by atoms with Crippen molar-refractivity contribution in [2.75, 3.05) is 98.5 Å². The maximum absolute atomic E-state index is 10.7. The number of carbonyl (C=O) groups is 9. The molecular formula is C76H126N2O20. The highest BCUT2D eigenvalue weighted by Gasteiger charge is 2.29. The normalized spacial score (nSPS) is 10.2. The first-order valence-corrected chi connectivity index (χ1v) is 31.9. The minimum Gasteiger partial charge on any atom is -0.469 e. The van der Waals surface area contributed by atoms with E-state index in [4.69, 9.17) is 5.11 Å². The first-order chi connectivity index (χ1) is 46.6. The van der Waals surface area contributed by atoms with Crippen LogP contribution in [0.2, 0.25) is 0 Å². The van der Waals surface area contributed by atoms with Gasteiger partial charge in [-0.1, -0.05) is 227 Å². The molecule has 6 aromatic rings. The van der Waals surface area contributed by atoms with Gasteiger partial charge in [-0.25, -0.2) is 4.79 Å². The number of benzene rings is 6. The van der Waals surface area contributed by atoms with E-state index in [-0.39, 0.29) is 60.3 Å². The Morgan fingerprint density at radius 2 is 0.520 bits per heavy atom. The molecule has 1 N–H and O–H groups in total. The Morgan fingerprint density at radius 3 is 0.612 bits per heavy atom. The number of hydrogen-bond acceptors (Lipinski definition) is 20. The second-order valence-electron chi connectivity index (χ2n) is 17.7. The molecule has 2 fully saturated rings. The lowest BCUT2D eigenvalue weighted by Crippen LogP contribution is -2.27. The van der Waals surface area contributed by atoms with Crippen molar-refractivity contribution in [1.29, 1.82) is 0 Å². The van der Waals surface area contributed by atoms with Crippen LogP contribution in [0.25, 0.3) is 32.3 Å². The van der Waals surface area contributed by atoms with Gasteiger partial charge < -0.3 is 57.4 Å². The highest BCUT2D eigenvalue weighted by molar-refractivity contribution is 6.01. The average molecular weight is 1390 g/mol. The summed E-state index contributed by atoms with van der Waals surface area (Å²) >= 11 is 0. The fourth-order valence-electron chi connectivity index (χ4n) is 5.32. The Balaban J connectivity index is -0.000000107. The van der Waals surface area contributed by atoms with E-state index in [0.717, 1.165) is 4.90 Å². The number of urea groups is 1. The number of hydrogen-bond donors (Lipinski definition) is 1. The molecule has 22 nitrogen and oxygen atoms in total. The highest BCUT2D eigenvalue weighted by atomic mass is 16.6. The van der Waals surface area contributed by atoms with Gasteiger partial charge >= 0.3 is 47.8 Å². The predicted octanol–water partition coefficient (Wildman–Crippen LogP) is 15.9. The summed E-state index contributed by atoms with van der Waals surface area (Å²) in [7, 11) is 17.2. The van der Waals surface area contributed by atoms with E-state index in [1.54, 1.807) is 28.2 Å². The smallest absolute Gasteiger partial charge is 0.326 e. The van der Waals surface area contributed by atoms with E-state index < -0.39 is 6.29 Å². The zero-order valence-corrected chi connectivity index (χ0v) is 64.7. The van der Waals surface area contributed by atoms with Gasteiger partial charge in [0.1, 0.15) is 13.3 Å². The predicted molar refractivity (Wildman–Crippen MR) is 397 cm³/mol. The van der Waals surface area contributed by atoms with Crippen LogP contribution in [0.1, 0.15) is 149 Å². The summed E-state index contributed by atoms with van der Waals surface area (Å²) in [6.45, 7) is 27.7. The zero-order chi connectivity index (χ0) is 78.1. The Labute approximate surface area is 588 Å². The van der Waals surface area contributed by atoms with Crippen molar-refractivity contribution in [3.05, 3.63) is 146 Å². The molecule has 1 heterocycles. The number of fused-ring (bicyclic) bond motifs is 3. The number of likely N-dealkylation sites (N-methyl/N-ethyl adjacent to an activating group) is 2. The number of imide groups is 1. The van der Waals surface area contributed by atoms with E-state index in [2.05, 4.69) is 157 Å². The van der Waals surface area contributed by atoms with E-state index >= 15 is 0 Å². The molecule has 0 radical (unpaired) electrons. The summed E-state index contributed by atoms with van der Waals surface area (Å²) in [5, 5.41) is 16.0. The molecule has 1 saturated heterocycles. The van der Waals surface area contributed by atoms with E-state index in [0.29, 0.717) is 6.79 Å². The Kier molecular flexibility index (Phi) is 99.5. The van der Waals surface area contributed by atoms with Gasteiger partial charge in [-0.2, -0.15) is 0 Å². The number of ether oxygens (including phenoxy) is 10. The topological polar surface area (TPSA) is 273 Å². The number of aliphatic hydroxyl groups is 1. The molecule has 1 unspecified atom stereocenters. The van der Waals surface area contributed by atoms with E-state index in [1.165, 1.54) is 188 Å². The van der Waals surface area contributed by atoms with Crippen molar-refractivity contribution in [2.45, 2.75) is 156 Å². The Hall–Kier alpha value is -8.83. The summed E-state index contributed by atoms with van der Waals surface area (Å²) in [6.07, 6.45) is 8.38. The van der Waals surface area contributed by atoms with Gasteiger partial charge in [0.25, 0.3) is 0 Å². The number of amides is 3. The number of methoxy groups -OCH3 is 10. The molecule has 1 aliphatic heterocycles. The number of nitrogens with zero attached hydrogens (tertiary/aromatic N) is 2. The van der Waals surface area contributed by atoms with Crippen LogP contribution in [0.5, 0.6) is 0 Å². The van der Waals surface area contributed by atoms with Crippen molar-refractivity contribution in [3.8, 4) is 0 Å². The summed E-state index contributed by atoms with van der Waals surface area (Å²) in [4.78, 5) is 91.0. The van der Waals surface area contributed by atoms with Crippen molar-refractivity contribution in [3.63, 3.8) is 0 Å². The van der Waals surface area contributed by atoms with Crippen LogP contribution in [0.3, 0.4) is 0 Å². The standard InChI is InChI=1S/C14H10.C10H8.C6H12.C6H6.C5H8N2O2.2C3H8O2.7C3H6O2.4C2H6/c1-2-6-12-10-14-8-4-3-7-13(14)9-11(12)5-1;1-2-6-10-8-4-3-7-9(10)5-1;2*1-2-4-6-5-3-1;1-6-3-4(8)7(2)5(6)9;1-4-3-5-2;8*1-3(4)5-2;4*1-2/h1-10H;1-8H;1-6H2;1-6H;3H2,1-2H3;3H2,1-2H3;3-4H,1-2H3;7*1-2H3;4*1-2H3. The van der Waals surface area contributed by atoms with Crippen molar-refractivity contribution < 1.29 is 95.6 Å². The average Bonchev–Trinajstić information content (AvgIpc) is 1.03. The molecule has 8 rings (SSSR count). The second-order valence-corrected chi connectivity index (χ2v) is 17.7. The molecule has 1 atom stereocenters. The van der Waals surface area contributed by atoms with Gasteiger partial charge in [0.05, 0.1) is 49.8 Å². The molecule has 560 valence electrons. The molecule has 6 aromatic carbocycles. The van der Waals surface area contributed by atoms with Crippen LogP contribution in [0.4, 0.5) is 4.79 Å². The molecule has 22 heteroatoms. The molecule has 0 aromatic heterocycles. The molecular weight excluding hydrogens is 1260 g/mol. The summed E-state index contributed by atoms with van der Waals surface area (Å²) in [5.41, 5.74) is 0. The number of carbonyl (C=O) groups excluding carboxylic acids is 9. The van der Waals surface area contributed by atoms with Crippen LogP contribution < -0.4 is 0 Å². The van der Waals surface area contributed by atoms with Gasteiger partial charge in [-0.05, 0) is 51.4 Å². The third-order valence-electron chi connectivity index (χ3n) is 10.4. The second kappa shape index (κ2) is 88.2. The molecule has 0 spiro atoms. The third kappa shape index (κ3) is 89.2. The highest BCUT2D eigenvalue weighted by Crippen LogP contribution is 2.22. The molecule has 1 aliphatic carbocycles. The SMILES string of the molecule is C1CCCCC1.CC.CC.CC.CC.CN1CC(=O)N(C)C1=O.COC(C)=O.COC(C)=O.COC(C)=O.COC(C)=O.COC(C)=O.COC(C)=O.COC(C)=O.COC(C)O.COCOC.c1ccc2cc3ccccc3cc2c1.c1ccc2ccccc2c1.c1ccccc1. The third-order valence-corrected chi connectivity index (χ3v) is 10.4. The lowest BCUT2D eigenvalue weighted by molar-refractivity contribution is -0.138. The molecule has 0 bridgehead atoms. The monoisotopic (exact) mass is 1390 g/mol. The van der Waals surface area contributed by atoms with Gasteiger partial charge in [-0.3, -0.25) is 43.3 Å². The van der Waals surface area contributed by atoms with Gasteiger partial charge in [0, 0.05) is 83.9 Å². The van der Waals surface area contributed by atoms with E-state index in [1.807, 2.05) is 91.8 Å². The summed E-state index contributed by atoms with van der Waals surface area (Å²) < 4.78 is 42.0. The Morgan fingerprint density at radius 1 is 0.357 bits per heavy atom. The fraction of sp³-hybridized carbons (Fsp3) is 0.487. The van der Waals surface area contributed by atoms with Crippen LogP contribution in [0, 0.1) is 0 Å². The van der Waals surface area contributed by atoms with Crippen molar-refractivity contribution >= 4 is 86.0 Å². The minimum absolute atomic E-state index is 0.137. The molecule has 1 saturated carbocycles. The van der Waals surface area contributed by atoms with Crippen molar-refractivity contribution in [1.82, 2.24) is 9.80 Å². The summed E-state index contributed by atoms with van der Waals surface area (Å²) in [5.74, 6) is -1.85. The molecule has 3 amide bonds. The zero-order valence-electron chi connectivity index (χ0n) is 64.7. The van der Waals surface area contributed by atoms with Crippen molar-refractivity contribution in [2.24, 2.45) is 0 Å². The molecule has 2 aliphatic rings. The quantitative estimate of drug-likeness (QED) is 0.0567.